The van der Waals surface area contributed by atoms with E-state index in [0.29, 0.717) is 11.5 Å². The number of H-pyrrole nitrogens is 1. The summed E-state index contributed by atoms with van der Waals surface area (Å²) in [6.07, 6.45) is 6.73. The number of ether oxygens (including phenoxy) is 1. The molecular weight excluding hydrogens is 368 g/mol. The average Bonchev–Trinajstić information content (AvgIpc) is 2.70. The summed E-state index contributed by atoms with van der Waals surface area (Å²) in [5.74, 6) is 1.19. The molecule has 0 radical (unpaired) electrons. The zero-order chi connectivity index (χ0) is 20.0. The Morgan fingerprint density at radius 3 is 2.83 bits per heavy atom. The Bertz CT molecular complexity index is 994. The monoisotopic (exact) mass is 396 g/mol. The van der Waals surface area contributed by atoms with Crippen molar-refractivity contribution in [2.75, 3.05) is 19.7 Å². The standard InChI is InChI=1S/C23H28N2O4/c26-9-7-15-13-25-8-6-14(15)10-21(25)23(28)19-12-22(27)24-20-5-4-17(11-18(19)20)29-16-2-1-3-16/h4-5,7,11-12,14,16,21,23,26,28H,1-3,6,8-10,13H2,(H,24,27)/b15-7+/t14-,21-,23+/m0/s1. The third-order valence-corrected chi connectivity index (χ3v) is 6.91. The van der Waals surface area contributed by atoms with E-state index in [-0.39, 0.29) is 24.3 Å². The fraction of sp³-hybridized carbons (Fsp3) is 0.522. The van der Waals surface area contributed by atoms with E-state index in [4.69, 9.17) is 4.74 Å². The van der Waals surface area contributed by atoms with Crippen LogP contribution in [0.1, 0.15) is 43.8 Å². The van der Waals surface area contributed by atoms with Crippen molar-refractivity contribution in [1.29, 1.82) is 0 Å². The van der Waals surface area contributed by atoms with Crippen molar-refractivity contribution in [1.82, 2.24) is 9.88 Å². The smallest absolute Gasteiger partial charge is 0.248 e. The topological polar surface area (TPSA) is 85.8 Å². The van der Waals surface area contributed by atoms with E-state index in [2.05, 4.69) is 9.88 Å². The first kappa shape index (κ1) is 18.9. The predicted octanol–water partition coefficient (Wildman–Crippen LogP) is 2.51. The highest BCUT2D eigenvalue weighted by Crippen LogP contribution is 2.41. The van der Waals surface area contributed by atoms with Crippen LogP contribution in [0.4, 0.5) is 0 Å². The molecule has 4 aliphatic rings. The van der Waals surface area contributed by atoms with Crippen molar-refractivity contribution in [3.05, 3.63) is 51.8 Å². The van der Waals surface area contributed by atoms with Crippen molar-refractivity contribution in [3.63, 3.8) is 0 Å². The number of nitrogens with one attached hydrogen (secondary N) is 1. The average molecular weight is 396 g/mol. The van der Waals surface area contributed by atoms with E-state index in [1.54, 1.807) is 0 Å². The summed E-state index contributed by atoms with van der Waals surface area (Å²) in [6.45, 7) is 1.78. The van der Waals surface area contributed by atoms with Gasteiger partial charge in [-0.05, 0) is 68.3 Å². The van der Waals surface area contributed by atoms with Gasteiger partial charge in [-0.2, -0.15) is 0 Å². The van der Waals surface area contributed by atoms with E-state index in [1.165, 1.54) is 18.1 Å². The molecule has 6 nitrogen and oxygen atoms in total. The number of aliphatic hydroxyl groups is 2. The lowest BCUT2D eigenvalue weighted by atomic mass is 9.76. The van der Waals surface area contributed by atoms with Crippen LogP contribution in [-0.2, 0) is 0 Å². The van der Waals surface area contributed by atoms with Gasteiger partial charge in [-0.25, -0.2) is 0 Å². The second-order valence-corrected chi connectivity index (χ2v) is 8.63. The van der Waals surface area contributed by atoms with Crippen LogP contribution in [-0.4, -0.2) is 51.9 Å². The first-order valence-corrected chi connectivity index (χ1v) is 10.7. The molecule has 2 bridgehead atoms. The van der Waals surface area contributed by atoms with Crippen LogP contribution in [0.25, 0.3) is 10.9 Å². The largest absolute Gasteiger partial charge is 0.490 e. The zero-order valence-corrected chi connectivity index (χ0v) is 16.5. The maximum Gasteiger partial charge on any atom is 0.248 e. The molecular formula is C23H28N2O4. The number of nitrogens with zero attached hydrogens (tertiary/aromatic N) is 1. The molecule has 2 aromatic rings. The van der Waals surface area contributed by atoms with E-state index in [1.807, 2.05) is 24.3 Å². The summed E-state index contributed by atoms with van der Waals surface area (Å²) >= 11 is 0. The van der Waals surface area contributed by atoms with E-state index >= 15 is 0 Å². The highest BCUT2D eigenvalue weighted by atomic mass is 16.5. The number of hydrogen-bond donors (Lipinski definition) is 3. The van der Waals surface area contributed by atoms with Crippen molar-refractivity contribution in [2.45, 2.75) is 50.4 Å². The highest BCUT2D eigenvalue weighted by molar-refractivity contribution is 5.84. The minimum atomic E-state index is -0.739. The first-order chi connectivity index (χ1) is 14.1. The Labute approximate surface area is 169 Å². The second kappa shape index (κ2) is 7.59. The van der Waals surface area contributed by atoms with Crippen LogP contribution in [0.5, 0.6) is 5.75 Å². The van der Waals surface area contributed by atoms with Gasteiger partial charge in [0.25, 0.3) is 0 Å². The SMILES string of the molecule is O=c1cc([C@@H](O)[C@@H]2C[C@@H]3CCN2C/C3=C\CO)c2cc(OC3CCC3)ccc2[nH]1. The number of aliphatic hydroxyl groups excluding tert-OH is 2. The van der Waals surface area contributed by atoms with Crippen LogP contribution < -0.4 is 10.3 Å². The van der Waals surface area contributed by atoms with Gasteiger partial charge in [0, 0.05) is 29.6 Å². The fourth-order valence-corrected chi connectivity index (χ4v) is 5.09. The Morgan fingerprint density at radius 2 is 2.14 bits per heavy atom. The summed E-state index contributed by atoms with van der Waals surface area (Å²) in [5, 5.41) is 21.4. The molecule has 4 fully saturated rings. The molecule has 0 spiro atoms. The summed E-state index contributed by atoms with van der Waals surface area (Å²) in [7, 11) is 0. The van der Waals surface area contributed by atoms with Crippen molar-refractivity contribution >= 4 is 10.9 Å². The first-order valence-electron chi connectivity index (χ1n) is 10.7. The number of hydrogen-bond acceptors (Lipinski definition) is 5. The molecule has 1 saturated carbocycles. The molecule has 4 heterocycles. The lowest BCUT2D eigenvalue weighted by Crippen LogP contribution is -2.52. The highest BCUT2D eigenvalue weighted by Gasteiger charge is 2.40. The Balaban J connectivity index is 1.47. The van der Waals surface area contributed by atoms with Gasteiger partial charge in [0.15, 0.2) is 0 Å². The van der Waals surface area contributed by atoms with E-state index in [0.717, 1.165) is 55.4 Å². The predicted molar refractivity (Wildman–Crippen MR) is 111 cm³/mol. The lowest BCUT2D eigenvalue weighted by molar-refractivity contribution is -0.00368. The molecule has 6 rings (SSSR count). The van der Waals surface area contributed by atoms with Crippen molar-refractivity contribution in [2.24, 2.45) is 5.92 Å². The quantitative estimate of drug-likeness (QED) is 0.676. The van der Waals surface area contributed by atoms with Gasteiger partial charge in [0.05, 0.1) is 18.8 Å². The van der Waals surface area contributed by atoms with Crippen LogP contribution in [0, 0.1) is 5.92 Å². The van der Waals surface area contributed by atoms with Crippen molar-refractivity contribution in [3.8, 4) is 5.75 Å². The number of aromatic nitrogens is 1. The van der Waals surface area contributed by atoms with Gasteiger partial charge in [-0.15, -0.1) is 0 Å². The Hall–Kier alpha value is -2.15. The minimum Gasteiger partial charge on any atom is -0.490 e. The molecule has 4 atom stereocenters. The molecule has 29 heavy (non-hydrogen) atoms. The lowest BCUT2D eigenvalue weighted by Gasteiger charge is -2.48. The molecule has 1 aromatic heterocycles. The van der Waals surface area contributed by atoms with Crippen LogP contribution in [0.2, 0.25) is 0 Å². The van der Waals surface area contributed by atoms with Gasteiger partial charge >= 0.3 is 0 Å². The van der Waals surface area contributed by atoms with Gasteiger partial charge in [-0.1, -0.05) is 11.6 Å². The molecule has 3 aliphatic heterocycles. The van der Waals surface area contributed by atoms with E-state index < -0.39 is 6.10 Å². The summed E-state index contributed by atoms with van der Waals surface area (Å²) in [5.41, 5.74) is 2.47. The Kier molecular flexibility index (Phi) is 4.94. The maximum atomic E-state index is 12.3. The second-order valence-electron chi connectivity index (χ2n) is 8.63. The number of aromatic amines is 1. The number of fused-ring (bicyclic) bond motifs is 4. The van der Waals surface area contributed by atoms with Gasteiger partial charge in [-0.3, -0.25) is 9.69 Å². The van der Waals surface area contributed by atoms with Crippen LogP contribution >= 0.6 is 0 Å². The molecule has 3 N–H and O–H groups in total. The van der Waals surface area contributed by atoms with Gasteiger partial charge in [0.1, 0.15) is 5.75 Å². The molecule has 1 aliphatic carbocycles. The third-order valence-electron chi connectivity index (χ3n) is 6.91. The van der Waals surface area contributed by atoms with Crippen LogP contribution in [0.15, 0.2) is 40.7 Å². The normalized spacial score (nSPS) is 29.2. The van der Waals surface area contributed by atoms with E-state index in [9.17, 15) is 15.0 Å². The summed E-state index contributed by atoms with van der Waals surface area (Å²) in [6, 6.07) is 7.23. The number of piperidine rings is 3. The molecule has 1 aromatic carbocycles. The fourth-order valence-electron chi connectivity index (χ4n) is 5.09. The molecule has 3 saturated heterocycles. The molecule has 0 amide bonds. The third kappa shape index (κ3) is 3.50. The molecule has 1 unspecified atom stereocenters. The summed E-state index contributed by atoms with van der Waals surface area (Å²) in [4.78, 5) is 17.4. The Morgan fingerprint density at radius 1 is 1.28 bits per heavy atom. The number of benzene rings is 1. The minimum absolute atomic E-state index is 0.0224. The summed E-state index contributed by atoms with van der Waals surface area (Å²) < 4.78 is 6.04. The number of pyridine rings is 1. The molecule has 6 heteroatoms. The number of rotatable bonds is 5. The van der Waals surface area contributed by atoms with Crippen LogP contribution in [0.3, 0.4) is 0 Å². The van der Waals surface area contributed by atoms with Gasteiger partial charge in [0.2, 0.25) is 5.56 Å². The van der Waals surface area contributed by atoms with Gasteiger partial charge < -0.3 is 19.9 Å². The zero-order valence-electron chi connectivity index (χ0n) is 16.5. The van der Waals surface area contributed by atoms with Crippen molar-refractivity contribution < 1.29 is 14.9 Å². The molecule has 154 valence electrons. The maximum absolute atomic E-state index is 12.3.